The number of nitrogens with two attached hydrogens (primary N) is 1. The number of hydrogen-bond donors (Lipinski definition) is 2. The van der Waals surface area contributed by atoms with Gasteiger partial charge in [-0.05, 0) is 37.0 Å². The van der Waals surface area contributed by atoms with Crippen LogP contribution in [-0.4, -0.2) is 12.5 Å². The summed E-state index contributed by atoms with van der Waals surface area (Å²) in [5, 5.41) is 3.53. The molecule has 1 aliphatic carbocycles. The average molecular weight is 291 g/mol. The van der Waals surface area contributed by atoms with Crippen LogP contribution in [0.25, 0.3) is 0 Å². The maximum atomic E-state index is 12.1. The van der Waals surface area contributed by atoms with Crippen LogP contribution in [0, 0.1) is 17.8 Å². The molecule has 1 fully saturated rings. The van der Waals surface area contributed by atoms with Gasteiger partial charge in [-0.1, -0.05) is 36.3 Å². The Hall–Kier alpha value is -1.50. The van der Waals surface area contributed by atoms with Crippen LogP contribution >= 0.6 is 11.6 Å². The lowest BCUT2D eigenvalue weighted by molar-refractivity contribution is -0.117. The first-order valence-electron chi connectivity index (χ1n) is 6.97. The Bertz CT molecular complexity index is 539. The van der Waals surface area contributed by atoms with Crippen LogP contribution in [0.3, 0.4) is 0 Å². The fourth-order valence-corrected chi connectivity index (χ4v) is 2.73. The lowest BCUT2D eigenvalue weighted by Gasteiger charge is -2.11. The quantitative estimate of drug-likeness (QED) is 0.840. The van der Waals surface area contributed by atoms with Crippen molar-refractivity contribution in [2.45, 2.75) is 32.1 Å². The summed E-state index contributed by atoms with van der Waals surface area (Å²) >= 11 is 5.96. The van der Waals surface area contributed by atoms with Gasteiger partial charge in [0.05, 0.1) is 12.2 Å². The number of carbonyl (C=O) groups is 1. The lowest BCUT2D eigenvalue weighted by Crippen LogP contribution is -2.15. The molecule has 3 nitrogen and oxygen atoms in total. The van der Waals surface area contributed by atoms with Crippen LogP contribution in [0.4, 0.5) is 5.69 Å². The van der Waals surface area contributed by atoms with Gasteiger partial charge in [-0.25, -0.2) is 0 Å². The van der Waals surface area contributed by atoms with E-state index in [1.54, 1.807) is 18.2 Å². The molecule has 1 aromatic rings. The Labute approximate surface area is 124 Å². The third kappa shape index (κ3) is 4.26. The molecule has 0 aromatic heterocycles. The minimum atomic E-state index is 0.0509. The van der Waals surface area contributed by atoms with Crippen LogP contribution in [0.15, 0.2) is 18.2 Å². The van der Waals surface area contributed by atoms with E-state index in [-0.39, 0.29) is 12.5 Å². The normalized spacial score (nSPS) is 14.7. The minimum absolute atomic E-state index is 0.0509. The van der Waals surface area contributed by atoms with Gasteiger partial charge in [-0.15, -0.1) is 0 Å². The number of amides is 1. The molecule has 1 aromatic carbocycles. The van der Waals surface area contributed by atoms with Gasteiger partial charge in [-0.3, -0.25) is 4.79 Å². The molecular formula is C16H19ClN2O. The molecule has 1 amide bonds. The van der Waals surface area contributed by atoms with E-state index >= 15 is 0 Å². The summed E-state index contributed by atoms with van der Waals surface area (Å²) in [5.74, 6) is 6.30. The Kier molecular flexibility index (Phi) is 5.46. The van der Waals surface area contributed by atoms with Gasteiger partial charge in [0.15, 0.2) is 0 Å². The van der Waals surface area contributed by atoms with Crippen molar-refractivity contribution in [1.82, 2.24) is 0 Å². The molecule has 20 heavy (non-hydrogen) atoms. The number of nitrogens with one attached hydrogen (secondary N) is 1. The summed E-state index contributed by atoms with van der Waals surface area (Å²) in [7, 11) is 0. The zero-order chi connectivity index (χ0) is 14.4. The Morgan fingerprint density at radius 2 is 2.15 bits per heavy atom. The van der Waals surface area contributed by atoms with Crippen molar-refractivity contribution in [3.63, 3.8) is 0 Å². The molecule has 1 aliphatic rings. The van der Waals surface area contributed by atoms with Gasteiger partial charge in [-0.2, -0.15) is 0 Å². The maximum absolute atomic E-state index is 12.1. The van der Waals surface area contributed by atoms with Crippen LogP contribution in [0.1, 0.15) is 37.7 Å². The van der Waals surface area contributed by atoms with Crippen molar-refractivity contribution in [2.75, 3.05) is 11.9 Å². The van der Waals surface area contributed by atoms with E-state index in [2.05, 4.69) is 17.2 Å². The van der Waals surface area contributed by atoms with Crippen molar-refractivity contribution in [1.29, 1.82) is 0 Å². The molecule has 0 bridgehead atoms. The fourth-order valence-electron chi connectivity index (χ4n) is 2.55. The summed E-state index contributed by atoms with van der Waals surface area (Å²) < 4.78 is 0. The number of hydrogen-bond acceptors (Lipinski definition) is 2. The number of halogens is 1. The summed E-state index contributed by atoms with van der Waals surface area (Å²) in [4.78, 5) is 12.1. The molecule has 0 spiro atoms. The SMILES string of the molecule is NCC#Cc1cc(Cl)ccc1NC(=O)CC1CCCC1. The Morgan fingerprint density at radius 1 is 1.40 bits per heavy atom. The second-order valence-electron chi connectivity index (χ2n) is 5.10. The number of rotatable bonds is 3. The monoisotopic (exact) mass is 290 g/mol. The van der Waals surface area contributed by atoms with E-state index in [1.165, 1.54) is 12.8 Å². The van der Waals surface area contributed by atoms with Gasteiger partial charge in [0.2, 0.25) is 5.91 Å². The van der Waals surface area contributed by atoms with Crippen LogP contribution in [-0.2, 0) is 4.79 Å². The molecule has 0 radical (unpaired) electrons. The van der Waals surface area contributed by atoms with E-state index in [4.69, 9.17) is 17.3 Å². The summed E-state index contributed by atoms with van der Waals surface area (Å²) in [6.45, 7) is 0.280. The second-order valence-corrected chi connectivity index (χ2v) is 5.54. The molecule has 4 heteroatoms. The lowest BCUT2D eigenvalue weighted by atomic mass is 10.0. The largest absolute Gasteiger partial charge is 0.325 e. The van der Waals surface area contributed by atoms with Crippen molar-refractivity contribution < 1.29 is 4.79 Å². The van der Waals surface area contributed by atoms with E-state index in [1.807, 2.05) is 0 Å². The van der Waals surface area contributed by atoms with Gasteiger partial charge < -0.3 is 11.1 Å². The highest BCUT2D eigenvalue weighted by atomic mass is 35.5. The number of anilines is 1. The third-order valence-corrected chi connectivity index (χ3v) is 3.76. The van der Waals surface area contributed by atoms with E-state index in [0.717, 1.165) is 12.8 Å². The van der Waals surface area contributed by atoms with Crippen LogP contribution < -0.4 is 11.1 Å². The van der Waals surface area contributed by atoms with Gasteiger partial charge >= 0.3 is 0 Å². The second kappa shape index (κ2) is 7.33. The average Bonchev–Trinajstić information content (AvgIpc) is 2.91. The highest BCUT2D eigenvalue weighted by Crippen LogP contribution is 2.28. The molecular weight excluding hydrogens is 272 g/mol. The van der Waals surface area contributed by atoms with Gasteiger partial charge in [0, 0.05) is 17.0 Å². The summed E-state index contributed by atoms with van der Waals surface area (Å²) in [5.41, 5.74) is 6.80. The topological polar surface area (TPSA) is 55.1 Å². The van der Waals surface area contributed by atoms with Gasteiger partial charge in [0.1, 0.15) is 0 Å². The fraction of sp³-hybridized carbons (Fsp3) is 0.438. The van der Waals surface area contributed by atoms with E-state index < -0.39 is 0 Å². The third-order valence-electron chi connectivity index (χ3n) is 3.53. The summed E-state index contributed by atoms with van der Waals surface area (Å²) in [6.07, 6.45) is 5.40. The standard InChI is InChI=1S/C16H19ClN2O/c17-14-7-8-15(13(11-14)6-3-9-18)19-16(20)10-12-4-1-2-5-12/h7-8,11-12H,1-2,4-5,9-10,18H2,(H,19,20). The first-order valence-corrected chi connectivity index (χ1v) is 7.35. The summed E-state index contributed by atoms with van der Waals surface area (Å²) in [6, 6.07) is 5.28. The molecule has 0 atom stereocenters. The predicted molar refractivity (Wildman–Crippen MR) is 82.6 cm³/mol. The van der Waals surface area contributed by atoms with Crippen LogP contribution in [0.5, 0.6) is 0 Å². The molecule has 106 valence electrons. The van der Waals surface area contributed by atoms with Crippen molar-refractivity contribution >= 4 is 23.2 Å². The molecule has 1 saturated carbocycles. The number of benzene rings is 1. The first-order chi connectivity index (χ1) is 9.69. The Balaban J connectivity index is 2.05. The smallest absolute Gasteiger partial charge is 0.224 e. The molecule has 0 unspecified atom stereocenters. The molecule has 2 rings (SSSR count). The molecule has 3 N–H and O–H groups in total. The number of carbonyl (C=O) groups excluding carboxylic acids is 1. The molecule has 0 saturated heterocycles. The minimum Gasteiger partial charge on any atom is -0.325 e. The predicted octanol–water partition coefficient (Wildman–Crippen LogP) is 3.17. The Morgan fingerprint density at radius 3 is 2.85 bits per heavy atom. The van der Waals surface area contributed by atoms with E-state index in [9.17, 15) is 4.79 Å². The maximum Gasteiger partial charge on any atom is 0.224 e. The molecule has 0 heterocycles. The van der Waals surface area contributed by atoms with Gasteiger partial charge in [0.25, 0.3) is 0 Å². The highest BCUT2D eigenvalue weighted by molar-refractivity contribution is 6.30. The van der Waals surface area contributed by atoms with E-state index in [0.29, 0.717) is 28.6 Å². The molecule has 0 aliphatic heterocycles. The van der Waals surface area contributed by atoms with Crippen molar-refractivity contribution in [3.8, 4) is 11.8 Å². The van der Waals surface area contributed by atoms with Crippen molar-refractivity contribution in [3.05, 3.63) is 28.8 Å². The zero-order valence-electron chi connectivity index (χ0n) is 11.4. The highest BCUT2D eigenvalue weighted by Gasteiger charge is 2.18. The first kappa shape index (κ1) is 14.9. The van der Waals surface area contributed by atoms with Crippen molar-refractivity contribution in [2.24, 2.45) is 11.7 Å². The van der Waals surface area contributed by atoms with Crippen LogP contribution in [0.2, 0.25) is 5.02 Å². The zero-order valence-corrected chi connectivity index (χ0v) is 12.2.